The van der Waals surface area contributed by atoms with Crippen LogP contribution in [0.2, 0.25) is 0 Å². The van der Waals surface area contributed by atoms with E-state index >= 15 is 0 Å². The van der Waals surface area contributed by atoms with Crippen molar-refractivity contribution in [1.82, 2.24) is 20.0 Å². The minimum Gasteiger partial charge on any atom is -0.369 e. The molecule has 0 saturated carbocycles. The van der Waals surface area contributed by atoms with E-state index in [0.717, 1.165) is 16.7 Å². The maximum Gasteiger partial charge on any atom is 0.293 e. The van der Waals surface area contributed by atoms with Crippen LogP contribution in [0, 0.1) is 5.82 Å². The van der Waals surface area contributed by atoms with Crippen molar-refractivity contribution in [3.63, 3.8) is 0 Å². The van der Waals surface area contributed by atoms with E-state index in [1.54, 1.807) is 12.1 Å². The summed E-state index contributed by atoms with van der Waals surface area (Å²) in [5, 5.41) is 2.26. The molecule has 31 heavy (non-hydrogen) atoms. The molecular weight excluding hydrogens is 425 g/mol. The third kappa shape index (κ3) is 6.36. The quantitative estimate of drug-likeness (QED) is 0.540. The third-order valence-electron chi connectivity index (χ3n) is 4.93. The van der Waals surface area contributed by atoms with E-state index in [1.807, 2.05) is 9.80 Å². The predicted octanol–water partition coefficient (Wildman–Crippen LogP) is 0.0811. The molecule has 1 aromatic rings. The second kappa shape index (κ2) is 10.5. The van der Waals surface area contributed by atoms with E-state index < -0.39 is 17.0 Å². The summed E-state index contributed by atoms with van der Waals surface area (Å²) in [4.78, 5) is 52.8. The molecule has 0 spiro atoms. The fraction of sp³-hybridized carbons (Fsp3) is 0.400. The van der Waals surface area contributed by atoms with Gasteiger partial charge in [-0.25, -0.2) is 4.39 Å². The number of amides is 4. The molecule has 0 aliphatic carbocycles. The van der Waals surface area contributed by atoms with Gasteiger partial charge in [0, 0.05) is 44.8 Å². The van der Waals surface area contributed by atoms with Gasteiger partial charge in [-0.2, -0.15) is 0 Å². The van der Waals surface area contributed by atoms with Crippen LogP contribution < -0.4 is 11.1 Å². The summed E-state index contributed by atoms with van der Waals surface area (Å²) in [5.74, 6) is -1.56. The molecule has 0 atom stereocenters. The zero-order valence-corrected chi connectivity index (χ0v) is 17.7. The van der Waals surface area contributed by atoms with Crippen LogP contribution >= 0.6 is 11.8 Å². The minimum atomic E-state index is -0.502. The molecule has 3 N–H and O–H groups in total. The SMILES string of the molecule is NC(=O)CN1CCN(CC(=O)NCCN2C(=O)SC(=Cc3ccccc3F)C2=O)CC1. The Hall–Kier alpha value is -2.76. The van der Waals surface area contributed by atoms with Crippen molar-refractivity contribution in [2.75, 3.05) is 52.4 Å². The lowest BCUT2D eigenvalue weighted by atomic mass is 10.2. The first-order valence-corrected chi connectivity index (χ1v) is 10.6. The van der Waals surface area contributed by atoms with Gasteiger partial charge in [0.05, 0.1) is 18.0 Å². The normalized spacial score (nSPS) is 19.3. The van der Waals surface area contributed by atoms with Crippen LogP contribution in [-0.4, -0.2) is 90.0 Å². The molecule has 2 fully saturated rings. The zero-order chi connectivity index (χ0) is 22.4. The van der Waals surface area contributed by atoms with Crippen LogP contribution in [0.15, 0.2) is 29.2 Å². The lowest BCUT2D eigenvalue weighted by molar-refractivity contribution is -0.125. The third-order valence-corrected chi connectivity index (χ3v) is 5.84. The van der Waals surface area contributed by atoms with Gasteiger partial charge in [-0.05, 0) is 23.9 Å². The van der Waals surface area contributed by atoms with Gasteiger partial charge in [0.15, 0.2) is 0 Å². The number of nitrogens with zero attached hydrogens (tertiary/aromatic N) is 3. The Labute approximate surface area is 183 Å². The summed E-state index contributed by atoms with van der Waals surface area (Å²) in [6.45, 7) is 3.17. The average molecular weight is 450 g/mol. The van der Waals surface area contributed by atoms with E-state index in [9.17, 15) is 23.6 Å². The number of carbonyl (C=O) groups excluding carboxylic acids is 4. The number of benzene rings is 1. The summed E-state index contributed by atoms with van der Waals surface area (Å²) >= 11 is 0.750. The number of primary amides is 1. The standard InChI is InChI=1S/C20H24FN5O4S/c21-15-4-2-1-3-14(15)11-16-19(29)26(20(30)31-16)6-5-23-18(28)13-25-9-7-24(8-10-25)12-17(22)27/h1-4,11H,5-10,12-13H2,(H2,22,27)(H,23,28). The molecule has 1 aromatic carbocycles. The van der Waals surface area contributed by atoms with Crippen LogP contribution in [0.1, 0.15) is 5.56 Å². The van der Waals surface area contributed by atoms with Crippen LogP contribution in [-0.2, 0) is 14.4 Å². The van der Waals surface area contributed by atoms with E-state index in [4.69, 9.17) is 5.73 Å². The summed E-state index contributed by atoms with van der Waals surface area (Å²) in [6, 6.07) is 5.99. The first-order valence-electron chi connectivity index (χ1n) is 9.83. The van der Waals surface area contributed by atoms with Gasteiger partial charge < -0.3 is 11.1 Å². The van der Waals surface area contributed by atoms with Gasteiger partial charge in [-0.1, -0.05) is 18.2 Å². The Morgan fingerprint density at radius 3 is 2.39 bits per heavy atom. The largest absolute Gasteiger partial charge is 0.369 e. The lowest BCUT2D eigenvalue weighted by Gasteiger charge is -2.33. The minimum absolute atomic E-state index is 0.0391. The summed E-state index contributed by atoms with van der Waals surface area (Å²) < 4.78 is 13.8. The van der Waals surface area contributed by atoms with Gasteiger partial charge in [0.1, 0.15) is 5.82 Å². The van der Waals surface area contributed by atoms with Crippen LogP contribution in [0.4, 0.5) is 9.18 Å². The molecule has 0 bridgehead atoms. The summed E-state index contributed by atoms with van der Waals surface area (Å²) in [5.41, 5.74) is 5.42. The monoisotopic (exact) mass is 449 g/mol. The summed E-state index contributed by atoms with van der Waals surface area (Å²) in [6.07, 6.45) is 1.36. The van der Waals surface area contributed by atoms with Crippen molar-refractivity contribution in [3.05, 3.63) is 40.6 Å². The van der Waals surface area contributed by atoms with Gasteiger partial charge >= 0.3 is 0 Å². The van der Waals surface area contributed by atoms with Crippen LogP contribution in [0.3, 0.4) is 0 Å². The van der Waals surface area contributed by atoms with Crippen LogP contribution in [0.5, 0.6) is 0 Å². The number of hydrogen-bond donors (Lipinski definition) is 2. The fourth-order valence-electron chi connectivity index (χ4n) is 3.32. The Bertz CT molecular complexity index is 901. The molecule has 2 heterocycles. The number of carbonyl (C=O) groups is 4. The number of nitrogens with two attached hydrogens (primary N) is 1. The number of thioether (sulfide) groups is 1. The van der Waals surface area contributed by atoms with Gasteiger partial charge in [-0.15, -0.1) is 0 Å². The maximum absolute atomic E-state index is 13.8. The Balaban J connectivity index is 1.43. The highest BCUT2D eigenvalue weighted by Crippen LogP contribution is 2.32. The van der Waals surface area contributed by atoms with E-state index in [-0.39, 0.29) is 48.5 Å². The van der Waals surface area contributed by atoms with Gasteiger partial charge in [-0.3, -0.25) is 33.9 Å². The highest BCUT2D eigenvalue weighted by molar-refractivity contribution is 8.18. The number of rotatable bonds is 8. The van der Waals surface area contributed by atoms with Crippen molar-refractivity contribution in [3.8, 4) is 0 Å². The molecule has 2 aliphatic heterocycles. The second-order valence-corrected chi connectivity index (χ2v) is 8.22. The Morgan fingerprint density at radius 2 is 1.74 bits per heavy atom. The topological polar surface area (TPSA) is 116 Å². The van der Waals surface area contributed by atoms with Crippen molar-refractivity contribution in [2.45, 2.75) is 0 Å². The number of piperazine rings is 1. The molecule has 2 aliphatic rings. The number of imide groups is 1. The van der Waals surface area contributed by atoms with Crippen LogP contribution in [0.25, 0.3) is 6.08 Å². The first-order chi connectivity index (χ1) is 14.8. The molecule has 0 unspecified atom stereocenters. The van der Waals surface area contributed by atoms with E-state index in [1.165, 1.54) is 18.2 Å². The molecule has 9 nitrogen and oxygen atoms in total. The smallest absolute Gasteiger partial charge is 0.293 e. The maximum atomic E-state index is 13.8. The molecule has 0 radical (unpaired) electrons. The number of hydrogen-bond acceptors (Lipinski definition) is 7. The molecule has 11 heteroatoms. The molecule has 166 valence electrons. The van der Waals surface area contributed by atoms with Gasteiger partial charge in [0.2, 0.25) is 11.8 Å². The van der Waals surface area contributed by atoms with E-state index in [0.29, 0.717) is 26.2 Å². The predicted molar refractivity (Wildman–Crippen MR) is 114 cm³/mol. The summed E-state index contributed by atoms with van der Waals surface area (Å²) in [7, 11) is 0. The molecule has 4 amide bonds. The highest BCUT2D eigenvalue weighted by atomic mass is 32.2. The Morgan fingerprint density at radius 1 is 1.10 bits per heavy atom. The Kier molecular flexibility index (Phi) is 7.77. The van der Waals surface area contributed by atoms with Crippen molar-refractivity contribution < 1.29 is 23.6 Å². The lowest BCUT2D eigenvalue weighted by Crippen LogP contribution is -2.51. The van der Waals surface area contributed by atoms with E-state index in [2.05, 4.69) is 5.32 Å². The van der Waals surface area contributed by atoms with Crippen molar-refractivity contribution >= 4 is 40.8 Å². The van der Waals surface area contributed by atoms with Crippen molar-refractivity contribution in [2.24, 2.45) is 5.73 Å². The second-order valence-electron chi connectivity index (χ2n) is 7.22. The molecule has 3 rings (SSSR count). The zero-order valence-electron chi connectivity index (χ0n) is 16.9. The molecular formula is C20H24FN5O4S. The number of halogens is 1. The van der Waals surface area contributed by atoms with Crippen molar-refractivity contribution in [1.29, 1.82) is 0 Å². The average Bonchev–Trinajstić information content (AvgIpc) is 2.98. The van der Waals surface area contributed by atoms with Gasteiger partial charge in [0.25, 0.3) is 11.1 Å². The fourth-order valence-corrected chi connectivity index (χ4v) is 4.17. The molecule has 0 aromatic heterocycles. The molecule has 2 saturated heterocycles. The number of nitrogens with one attached hydrogen (secondary N) is 1. The highest BCUT2D eigenvalue weighted by Gasteiger charge is 2.34. The first kappa shape index (κ1) is 22.9.